The van der Waals surface area contributed by atoms with Crippen molar-refractivity contribution in [3.63, 3.8) is 0 Å². The molecule has 0 fully saturated rings. The first-order chi connectivity index (χ1) is 15.4. The smallest absolute Gasteiger partial charge is 0.214 e. The van der Waals surface area contributed by atoms with Gasteiger partial charge in [0.2, 0.25) is 11.2 Å². The summed E-state index contributed by atoms with van der Waals surface area (Å²) in [4.78, 5) is 0. The molecule has 0 N–H and O–H groups in total. The van der Waals surface area contributed by atoms with Gasteiger partial charge in [0.1, 0.15) is 0 Å². The van der Waals surface area contributed by atoms with E-state index in [1.807, 2.05) is 0 Å². The van der Waals surface area contributed by atoms with E-state index in [-0.39, 0.29) is 0 Å². The van der Waals surface area contributed by atoms with E-state index in [0.29, 0.717) is 0 Å². The van der Waals surface area contributed by atoms with Gasteiger partial charge in [-0.3, -0.25) is 0 Å². The van der Waals surface area contributed by atoms with Gasteiger partial charge in [0.25, 0.3) is 0 Å². The van der Waals surface area contributed by atoms with Gasteiger partial charge in [-0.1, -0.05) is 54.6 Å². The number of hydrogen-bond acceptors (Lipinski definition) is 0. The van der Waals surface area contributed by atoms with E-state index in [0.717, 1.165) is 13.0 Å². The van der Waals surface area contributed by atoms with Crippen molar-refractivity contribution in [2.24, 2.45) is 0 Å². The summed E-state index contributed by atoms with van der Waals surface area (Å²) < 4.78 is 4.91. The summed E-state index contributed by atoms with van der Waals surface area (Å²) in [7, 11) is 0. The molecule has 1 aliphatic rings. The molecule has 0 bridgehead atoms. The van der Waals surface area contributed by atoms with Crippen LogP contribution in [0.4, 0.5) is 0 Å². The molecule has 0 amide bonds. The number of benzene rings is 4. The molecule has 6 aromatic rings. The first-order valence-electron chi connectivity index (χ1n) is 10.9. The van der Waals surface area contributed by atoms with Crippen LogP contribution in [0.5, 0.6) is 0 Å². The van der Waals surface area contributed by atoms with Crippen LogP contribution >= 0.6 is 0 Å². The molecule has 2 aromatic heterocycles. The average molecular weight is 398 g/mol. The fourth-order valence-electron chi connectivity index (χ4n) is 5.41. The topological polar surface area (TPSA) is 8.81 Å². The first kappa shape index (κ1) is 16.8. The predicted octanol–water partition coefficient (Wildman–Crippen LogP) is 6.45. The maximum absolute atomic E-state index is 2.51. The van der Waals surface area contributed by atoms with Crippen LogP contribution in [-0.4, -0.2) is 4.57 Å². The number of nitrogens with zero attached hydrogens (tertiary/aromatic N) is 2. The van der Waals surface area contributed by atoms with Gasteiger partial charge in [0, 0.05) is 40.4 Å². The Labute approximate surface area is 180 Å². The van der Waals surface area contributed by atoms with Crippen molar-refractivity contribution in [1.82, 2.24) is 4.57 Å². The molecule has 2 heteroatoms. The van der Waals surface area contributed by atoms with Crippen molar-refractivity contribution < 1.29 is 4.57 Å². The number of fused-ring (bicyclic) bond motifs is 9. The maximum atomic E-state index is 2.51. The molecule has 0 aliphatic carbocycles. The highest BCUT2D eigenvalue weighted by Gasteiger charge is 2.29. The Hall–Kier alpha value is -3.91. The molecule has 0 unspecified atom stereocenters. The van der Waals surface area contributed by atoms with Crippen molar-refractivity contribution in [2.75, 3.05) is 0 Å². The van der Waals surface area contributed by atoms with Gasteiger partial charge < -0.3 is 4.57 Å². The molecule has 2 nitrogen and oxygen atoms in total. The van der Waals surface area contributed by atoms with Gasteiger partial charge in [0.15, 0.2) is 6.54 Å². The van der Waals surface area contributed by atoms with Crippen molar-refractivity contribution in [3.05, 3.63) is 109 Å². The Balaban J connectivity index is 1.66. The molecular weight excluding hydrogens is 376 g/mol. The van der Waals surface area contributed by atoms with E-state index < -0.39 is 0 Å². The Morgan fingerprint density at radius 3 is 2.39 bits per heavy atom. The molecule has 0 spiro atoms. The summed E-state index contributed by atoms with van der Waals surface area (Å²) in [5.74, 6) is 0. The molecule has 0 atom stereocenters. The number of aryl methyl sites for hydroxylation is 2. The third kappa shape index (κ3) is 2.30. The highest BCUT2D eigenvalue weighted by Crippen LogP contribution is 2.41. The number of aromatic nitrogens is 2. The van der Waals surface area contributed by atoms with Gasteiger partial charge in [-0.05, 0) is 42.0 Å². The molecule has 4 aromatic carbocycles. The van der Waals surface area contributed by atoms with Gasteiger partial charge >= 0.3 is 0 Å². The molecular formula is C29H21N2+. The van der Waals surface area contributed by atoms with Crippen molar-refractivity contribution in [3.8, 4) is 16.9 Å². The maximum Gasteiger partial charge on any atom is 0.214 e. The number of pyridine rings is 1. The summed E-state index contributed by atoms with van der Waals surface area (Å²) in [5, 5.41) is 3.98. The fourth-order valence-corrected chi connectivity index (χ4v) is 5.41. The molecule has 3 heterocycles. The second-order valence-electron chi connectivity index (χ2n) is 8.36. The molecule has 0 radical (unpaired) electrons. The zero-order valence-corrected chi connectivity index (χ0v) is 17.1. The SMILES string of the molecule is c1ccc(-n2c3ccccc3c3c4c(ccc32)CC[n+]2c-4ccc3ccccc32)cc1. The lowest BCUT2D eigenvalue weighted by atomic mass is 9.92. The molecule has 31 heavy (non-hydrogen) atoms. The second kappa shape index (κ2) is 6.29. The summed E-state index contributed by atoms with van der Waals surface area (Å²) in [5.41, 5.74) is 9.20. The Morgan fingerprint density at radius 1 is 0.645 bits per heavy atom. The quantitative estimate of drug-likeness (QED) is 0.282. The van der Waals surface area contributed by atoms with Crippen LogP contribution in [0.2, 0.25) is 0 Å². The van der Waals surface area contributed by atoms with E-state index in [1.165, 1.54) is 55.2 Å². The molecule has 1 aliphatic heterocycles. The molecule has 0 saturated carbocycles. The Kier molecular flexibility index (Phi) is 3.42. The summed E-state index contributed by atoms with van der Waals surface area (Å²) in [6.45, 7) is 1.02. The average Bonchev–Trinajstić information content (AvgIpc) is 3.18. The highest BCUT2D eigenvalue weighted by atomic mass is 15.0. The molecule has 7 rings (SSSR count). The number of rotatable bonds is 1. The largest absolute Gasteiger partial charge is 0.309 e. The third-order valence-corrected chi connectivity index (χ3v) is 6.74. The monoisotopic (exact) mass is 397 g/mol. The predicted molar refractivity (Wildman–Crippen MR) is 128 cm³/mol. The minimum atomic E-state index is 1.02. The molecule has 0 saturated heterocycles. The van der Waals surface area contributed by atoms with Crippen LogP contribution in [-0.2, 0) is 13.0 Å². The van der Waals surface area contributed by atoms with Gasteiger partial charge in [-0.15, -0.1) is 0 Å². The highest BCUT2D eigenvalue weighted by molar-refractivity contribution is 6.16. The van der Waals surface area contributed by atoms with Crippen LogP contribution < -0.4 is 4.57 Å². The zero-order valence-electron chi connectivity index (χ0n) is 17.1. The fraction of sp³-hybridized carbons (Fsp3) is 0.0690. The second-order valence-corrected chi connectivity index (χ2v) is 8.36. The van der Waals surface area contributed by atoms with E-state index in [4.69, 9.17) is 0 Å². The zero-order chi connectivity index (χ0) is 20.4. The van der Waals surface area contributed by atoms with Crippen LogP contribution in [0.1, 0.15) is 5.56 Å². The van der Waals surface area contributed by atoms with E-state index in [9.17, 15) is 0 Å². The van der Waals surface area contributed by atoms with Crippen molar-refractivity contribution in [2.45, 2.75) is 13.0 Å². The van der Waals surface area contributed by atoms with Crippen molar-refractivity contribution in [1.29, 1.82) is 0 Å². The van der Waals surface area contributed by atoms with Crippen molar-refractivity contribution >= 4 is 32.7 Å². The van der Waals surface area contributed by atoms with E-state index in [1.54, 1.807) is 0 Å². The third-order valence-electron chi connectivity index (χ3n) is 6.74. The van der Waals surface area contributed by atoms with Gasteiger partial charge in [-0.2, -0.15) is 4.57 Å². The van der Waals surface area contributed by atoms with Crippen LogP contribution in [0, 0.1) is 0 Å². The number of hydrogen-bond donors (Lipinski definition) is 0. The molecule has 146 valence electrons. The Morgan fingerprint density at radius 2 is 1.45 bits per heavy atom. The Bertz CT molecular complexity index is 1620. The lowest BCUT2D eigenvalue weighted by molar-refractivity contribution is -0.661. The van der Waals surface area contributed by atoms with E-state index >= 15 is 0 Å². The normalized spacial score (nSPS) is 12.9. The van der Waals surface area contributed by atoms with Crippen LogP contribution in [0.25, 0.3) is 49.7 Å². The minimum absolute atomic E-state index is 1.02. The van der Waals surface area contributed by atoms with Gasteiger partial charge in [-0.25, -0.2) is 0 Å². The summed E-state index contributed by atoms with van der Waals surface area (Å²) >= 11 is 0. The lowest BCUT2D eigenvalue weighted by Gasteiger charge is -2.17. The van der Waals surface area contributed by atoms with Crippen LogP contribution in [0.15, 0.2) is 103 Å². The standard InChI is InChI=1S/C29H21N2/c1-2-9-22(10-3-1)31-25-13-7-5-11-23(25)29-27(31)17-15-21-18-19-30-24-12-6-4-8-20(24)14-16-26(30)28(21)29/h1-17H,18-19H2/q+1. The van der Waals surface area contributed by atoms with Gasteiger partial charge in [0.05, 0.1) is 16.6 Å². The summed E-state index contributed by atoms with van der Waals surface area (Å²) in [6, 6.07) is 37.5. The first-order valence-corrected chi connectivity index (χ1v) is 10.9. The minimum Gasteiger partial charge on any atom is -0.309 e. The van der Waals surface area contributed by atoms with Crippen LogP contribution in [0.3, 0.4) is 0 Å². The summed E-state index contributed by atoms with van der Waals surface area (Å²) in [6.07, 6.45) is 1.06. The number of para-hydroxylation sites is 3. The lowest BCUT2D eigenvalue weighted by Crippen LogP contribution is -2.41. The van der Waals surface area contributed by atoms with E-state index in [2.05, 4.69) is 112 Å².